The van der Waals surface area contributed by atoms with Gasteiger partial charge in [-0.25, -0.2) is 4.39 Å². The molecule has 1 aliphatic rings. The van der Waals surface area contributed by atoms with Crippen molar-refractivity contribution in [3.8, 4) is 11.5 Å². The molecule has 0 aromatic heterocycles. The third-order valence-corrected chi connectivity index (χ3v) is 4.80. The number of hydrogen-bond acceptors (Lipinski definition) is 6. The van der Waals surface area contributed by atoms with Gasteiger partial charge in [-0.3, -0.25) is 4.90 Å². The van der Waals surface area contributed by atoms with Gasteiger partial charge in [0.2, 0.25) is 0 Å². The van der Waals surface area contributed by atoms with Crippen molar-refractivity contribution in [2.45, 2.75) is 19.2 Å². The summed E-state index contributed by atoms with van der Waals surface area (Å²) in [6.45, 7) is 5.14. The van der Waals surface area contributed by atoms with Gasteiger partial charge in [0.05, 0.1) is 20.3 Å². The maximum atomic E-state index is 13.0. The quantitative estimate of drug-likeness (QED) is 0.633. The Bertz CT molecular complexity index is 751. The van der Waals surface area contributed by atoms with Gasteiger partial charge in [-0.1, -0.05) is 18.2 Å². The van der Waals surface area contributed by atoms with Crippen LogP contribution in [0.1, 0.15) is 11.1 Å². The Morgan fingerprint density at radius 1 is 1.07 bits per heavy atom. The predicted molar refractivity (Wildman–Crippen MR) is 109 cm³/mol. The number of nitrogens with zero attached hydrogens (tertiary/aromatic N) is 1. The first-order valence-electron chi connectivity index (χ1n) is 9.87. The summed E-state index contributed by atoms with van der Waals surface area (Å²) in [6.07, 6.45) is -0.574. The molecule has 2 aromatic rings. The van der Waals surface area contributed by atoms with Crippen molar-refractivity contribution in [3.05, 3.63) is 59.4 Å². The normalized spacial score (nSPS) is 15.8. The Kier molecular flexibility index (Phi) is 8.25. The molecule has 0 bridgehead atoms. The fraction of sp³-hybridized carbons (Fsp3) is 0.455. The molecular formula is C22H29FN2O4. The van der Waals surface area contributed by atoms with Crippen molar-refractivity contribution in [3.63, 3.8) is 0 Å². The van der Waals surface area contributed by atoms with Crippen molar-refractivity contribution >= 4 is 0 Å². The number of halogens is 1. The van der Waals surface area contributed by atoms with Crippen molar-refractivity contribution in [2.24, 2.45) is 0 Å². The molecule has 1 atom stereocenters. The van der Waals surface area contributed by atoms with Crippen molar-refractivity contribution in [2.75, 3.05) is 46.6 Å². The monoisotopic (exact) mass is 404 g/mol. The van der Waals surface area contributed by atoms with Crippen LogP contribution in [0.4, 0.5) is 4.39 Å². The first-order valence-corrected chi connectivity index (χ1v) is 9.87. The van der Waals surface area contributed by atoms with Gasteiger partial charge >= 0.3 is 0 Å². The highest BCUT2D eigenvalue weighted by Crippen LogP contribution is 2.28. The molecule has 158 valence electrons. The summed E-state index contributed by atoms with van der Waals surface area (Å²) >= 11 is 0. The van der Waals surface area contributed by atoms with E-state index in [1.54, 1.807) is 19.2 Å². The van der Waals surface area contributed by atoms with E-state index >= 15 is 0 Å². The minimum absolute atomic E-state index is 0.204. The Morgan fingerprint density at radius 2 is 1.76 bits per heavy atom. The molecular weight excluding hydrogens is 375 g/mol. The van der Waals surface area contributed by atoms with E-state index in [1.807, 2.05) is 18.2 Å². The molecule has 0 unspecified atom stereocenters. The highest BCUT2D eigenvalue weighted by atomic mass is 19.1. The fourth-order valence-electron chi connectivity index (χ4n) is 3.22. The average Bonchev–Trinajstić information content (AvgIpc) is 2.75. The standard InChI is InChI=1S/C22H29FN2O4/c1-27-22-12-18(14-24-13-17-2-5-19(23)6-3-17)4-7-21(22)29-16-20(26)15-25-8-10-28-11-9-25/h2-7,12,20,24,26H,8-11,13-16H2,1H3/t20-/m0/s1. The summed E-state index contributed by atoms with van der Waals surface area (Å²) < 4.78 is 29.5. The SMILES string of the molecule is COc1cc(CNCc2ccc(F)cc2)ccc1OC[C@@H](O)CN1CCOCC1. The number of β-amino-alcohol motifs (C(OH)–C–C–N with tert-alkyl or cyclic N) is 1. The number of ether oxygens (including phenoxy) is 3. The molecule has 1 fully saturated rings. The van der Waals surface area contributed by atoms with E-state index in [2.05, 4.69) is 10.2 Å². The Hall–Kier alpha value is -2.19. The lowest BCUT2D eigenvalue weighted by Crippen LogP contribution is -2.42. The molecule has 3 rings (SSSR count). The number of aliphatic hydroxyl groups is 1. The average molecular weight is 404 g/mol. The summed E-state index contributed by atoms with van der Waals surface area (Å²) in [4.78, 5) is 2.17. The van der Waals surface area contributed by atoms with Crippen LogP contribution >= 0.6 is 0 Å². The predicted octanol–water partition coefficient (Wildman–Crippen LogP) is 2.20. The number of aliphatic hydroxyl groups excluding tert-OH is 1. The van der Waals surface area contributed by atoms with Crippen LogP contribution in [0.25, 0.3) is 0 Å². The van der Waals surface area contributed by atoms with E-state index in [0.29, 0.717) is 44.3 Å². The van der Waals surface area contributed by atoms with Crippen LogP contribution in [0.15, 0.2) is 42.5 Å². The van der Waals surface area contributed by atoms with Gasteiger partial charge in [-0.2, -0.15) is 0 Å². The van der Waals surface area contributed by atoms with Crippen LogP contribution < -0.4 is 14.8 Å². The third kappa shape index (κ3) is 6.97. The molecule has 1 saturated heterocycles. The lowest BCUT2D eigenvalue weighted by atomic mass is 10.2. The molecule has 29 heavy (non-hydrogen) atoms. The second kappa shape index (κ2) is 11.1. The maximum absolute atomic E-state index is 13.0. The minimum atomic E-state index is -0.574. The highest BCUT2D eigenvalue weighted by molar-refractivity contribution is 5.43. The van der Waals surface area contributed by atoms with E-state index in [-0.39, 0.29) is 12.4 Å². The molecule has 2 N–H and O–H groups in total. The van der Waals surface area contributed by atoms with E-state index in [4.69, 9.17) is 14.2 Å². The maximum Gasteiger partial charge on any atom is 0.161 e. The van der Waals surface area contributed by atoms with Crippen molar-refractivity contribution < 1.29 is 23.7 Å². The lowest BCUT2D eigenvalue weighted by molar-refractivity contribution is 0.00445. The van der Waals surface area contributed by atoms with Crippen molar-refractivity contribution in [1.29, 1.82) is 0 Å². The van der Waals surface area contributed by atoms with Crippen LogP contribution in [0.3, 0.4) is 0 Å². The number of benzene rings is 2. The second-order valence-corrected chi connectivity index (χ2v) is 7.09. The molecule has 2 aromatic carbocycles. The summed E-state index contributed by atoms with van der Waals surface area (Å²) in [5.41, 5.74) is 2.07. The summed E-state index contributed by atoms with van der Waals surface area (Å²) in [6, 6.07) is 12.2. The molecule has 0 spiro atoms. The molecule has 7 heteroatoms. The molecule has 0 radical (unpaired) electrons. The lowest BCUT2D eigenvalue weighted by Gasteiger charge is -2.28. The van der Waals surface area contributed by atoms with Crippen LogP contribution in [-0.4, -0.2) is 62.7 Å². The third-order valence-electron chi connectivity index (χ3n) is 4.80. The van der Waals surface area contributed by atoms with Crippen LogP contribution in [0, 0.1) is 5.82 Å². The van der Waals surface area contributed by atoms with E-state index < -0.39 is 6.10 Å². The Balaban J connectivity index is 1.46. The van der Waals surface area contributed by atoms with Crippen molar-refractivity contribution in [1.82, 2.24) is 10.2 Å². The van der Waals surface area contributed by atoms with Crippen LogP contribution in [0.5, 0.6) is 11.5 Å². The summed E-state index contributed by atoms with van der Waals surface area (Å²) in [7, 11) is 1.60. The first-order chi connectivity index (χ1) is 14.1. The zero-order valence-electron chi connectivity index (χ0n) is 16.8. The number of morpholine rings is 1. The zero-order valence-corrected chi connectivity index (χ0v) is 16.8. The minimum Gasteiger partial charge on any atom is -0.493 e. The smallest absolute Gasteiger partial charge is 0.161 e. The summed E-state index contributed by atoms with van der Waals surface area (Å²) in [5, 5.41) is 13.6. The Morgan fingerprint density at radius 3 is 2.48 bits per heavy atom. The summed E-state index contributed by atoms with van der Waals surface area (Å²) in [5.74, 6) is 1.00. The second-order valence-electron chi connectivity index (χ2n) is 7.09. The topological polar surface area (TPSA) is 63.2 Å². The number of nitrogens with one attached hydrogen (secondary N) is 1. The van der Waals surface area contributed by atoms with Gasteiger partial charge in [0.15, 0.2) is 11.5 Å². The molecule has 6 nitrogen and oxygen atoms in total. The van der Waals surface area contributed by atoms with Gasteiger partial charge < -0.3 is 24.6 Å². The van der Waals surface area contributed by atoms with Gasteiger partial charge in [0.25, 0.3) is 0 Å². The van der Waals surface area contributed by atoms with Gasteiger partial charge in [0.1, 0.15) is 18.5 Å². The molecule has 0 aliphatic carbocycles. The fourth-order valence-corrected chi connectivity index (χ4v) is 3.22. The largest absolute Gasteiger partial charge is 0.493 e. The number of rotatable bonds is 10. The van der Waals surface area contributed by atoms with E-state index in [0.717, 1.165) is 24.2 Å². The number of methoxy groups -OCH3 is 1. The van der Waals surface area contributed by atoms with Gasteiger partial charge in [-0.15, -0.1) is 0 Å². The molecule has 1 heterocycles. The van der Waals surface area contributed by atoms with E-state index in [9.17, 15) is 9.50 Å². The molecule has 0 amide bonds. The van der Waals surface area contributed by atoms with Crippen LogP contribution in [0.2, 0.25) is 0 Å². The first kappa shape index (κ1) is 21.5. The number of hydrogen-bond donors (Lipinski definition) is 2. The van der Waals surface area contributed by atoms with E-state index in [1.165, 1.54) is 12.1 Å². The molecule has 0 saturated carbocycles. The van der Waals surface area contributed by atoms with Crippen LogP contribution in [-0.2, 0) is 17.8 Å². The van der Waals surface area contributed by atoms with Gasteiger partial charge in [0, 0.05) is 32.7 Å². The Labute approximate surface area is 171 Å². The molecule has 1 aliphatic heterocycles. The van der Waals surface area contributed by atoms with Gasteiger partial charge in [-0.05, 0) is 35.4 Å². The zero-order chi connectivity index (χ0) is 20.5. The highest BCUT2D eigenvalue weighted by Gasteiger charge is 2.16.